The number of benzene rings is 3. The summed E-state index contributed by atoms with van der Waals surface area (Å²) >= 11 is 3.39. The lowest BCUT2D eigenvalue weighted by atomic mass is 9.74. The summed E-state index contributed by atoms with van der Waals surface area (Å²) in [7, 11) is 1.38. The number of nitrogens with two attached hydrogens (primary N) is 1. The highest BCUT2D eigenvalue weighted by Crippen LogP contribution is 2.57. The van der Waals surface area contributed by atoms with E-state index in [1.54, 1.807) is 19.1 Å². The molecule has 1 saturated heterocycles. The Morgan fingerprint density at radius 3 is 2.41 bits per heavy atom. The Balaban J connectivity index is 1.78. The van der Waals surface area contributed by atoms with Crippen molar-refractivity contribution in [3.8, 4) is 28.7 Å². The molecule has 0 saturated carbocycles. The highest BCUT2D eigenvalue weighted by molar-refractivity contribution is 9.09. The number of rotatable bonds is 4. The molecule has 12 heteroatoms. The number of hydrogen-bond donors (Lipinski definition) is 7. The average Bonchev–Trinajstić information content (AvgIpc) is 2.90. The predicted octanol–water partition coefficient (Wildman–Crippen LogP) is 2.34. The number of aliphatic hydroxyl groups is 2. The second-order valence-corrected chi connectivity index (χ2v) is 11.3. The van der Waals surface area contributed by atoms with Gasteiger partial charge in [-0.05, 0) is 19.9 Å². The molecule has 0 spiro atoms. The van der Waals surface area contributed by atoms with Crippen LogP contribution >= 0.6 is 15.9 Å². The summed E-state index contributed by atoms with van der Waals surface area (Å²) in [5, 5.41) is 66.8. The van der Waals surface area contributed by atoms with Crippen LogP contribution in [0.4, 0.5) is 0 Å². The van der Waals surface area contributed by atoms with Gasteiger partial charge < -0.3 is 50.6 Å². The Hall–Kier alpha value is -2.87. The molecule has 0 radical (unpaired) electrons. The lowest BCUT2D eigenvalue weighted by Crippen LogP contribution is -2.59. The van der Waals surface area contributed by atoms with E-state index in [1.807, 2.05) is 0 Å². The van der Waals surface area contributed by atoms with Crippen LogP contribution in [0.25, 0.3) is 21.5 Å². The van der Waals surface area contributed by atoms with Crippen LogP contribution < -0.4 is 10.5 Å². The number of aromatic hydroxyl groups is 4. The summed E-state index contributed by atoms with van der Waals surface area (Å²) in [4.78, 5) is 11.9. The highest BCUT2D eigenvalue weighted by atomic mass is 79.9. The van der Waals surface area contributed by atoms with Gasteiger partial charge in [-0.25, -0.2) is 0 Å². The van der Waals surface area contributed by atoms with Crippen molar-refractivity contribution in [2.45, 2.75) is 67.8 Å². The molecular formula is C27H30BrNO10. The zero-order valence-corrected chi connectivity index (χ0v) is 23.0. The number of carbonyl (C=O) groups excluding carboxylic acids is 1. The fourth-order valence-electron chi connectivity index (χ4n) is 5.66. The minimum atomic E-state index is -1.99. The minimum Gasteiger partial charge on any atom is -0.507 e. The van der Waals surface area contributed by atoms with Crippen molar-refractivity contribution in [1.82, 2.24) is 0 Å². The molecule has 0 bridgehead atoms. The molecule has 8 N–H and O–H groups in total. The van der Waals surface area contributed by atoms with E-state index in [-0.39, 0.29) is 51.3 Å². The number of Topliss-reactive ketones (excluding diaryl/α,β-unsaturated/α-hetero) is 1. The largest absolute Gasteiger partial charge is 0.507 e. The van der Waals surface area contributed by atoms with Crippen molar-refractivity contribution in [3.63, 3.8) is 0 Å². The fourth-order valence-corrected chi connectivity index (χ4v) is 6.22. The number of alkyl halides is 1. The van der Waals surface area contributed by atoms with Gasteiger partial charge in [0.1, 0.15) is 34.3 Å². The third kappa shape index (κ3) is 4.09. The summed E-state index contributed by atoms with van der Waals surface area (Å²) in [6.45, 7) is 2.80. The molecule has 3 aromatic rings. The standard InChI is InChI=1S/C27H30BrNO10/c1-9-21(31)20(29)19(28)26(38-9)39-14-8-27(36,10(2)30)7-12-16(14)25(35)18-17(23(12)33)22(32)11-5-4-6-13(37-3)15(11)24(18)34/h4-6,9,14,19-21,26,31-36H,7-8,29H2,1-3H3/t9-,14-,19+,20-,21-,26-,27-/m0/s1. The molecule has 210 valence electrons. The molecule has 1 heterocycles. The van der Waals surface area contributed by atoms with Crippen molar-refractivity contribution in [2.75, 3.05) is 7.11 Å². The first kappa shape index (κ1) is 27.7. The maximum absolute atomic E-state index is 12.6. The number of phenols is 4. The summed E-state index contributed by atoms with van der Waals surface area (Å²) < 4.78 is 17.3. The van der Waals surface area contributed by atoms with E-state index in [1.165, 1.54) is 20.1 Å². The van der Waals surface area contributed by atoms with E-state index in [0.717, 1.165) is 0 Å². The van der Waals surface area contributed by atoms with E-state index < -0.39 is 69.9 Å². The van der Waals surface area contributed by atoms with Crippen LogP contribution in [0.5, 0.6) is 28.7 Å². The van der Waals surface area contributed by atoms with Gasteiger partial charge in [-0.15, -0.1) is 0 Å². The molecule has 0 amide bonds. The lowest BCUT2D eigenvalue weighted by Gasteiger charge is -2.43. The molecule has 7 atom stereocenters. The van der Waals surface area contributed by atoms with Crippen LogP contribution in [0.15, 0.2) is 18.2 Å². The normalized spacial score (nSPS) is 30.8. The maximum atomic E-state index is 12.6. The van der Waals surface area contributed by atoms with Crippen molar-refractivity contribution < 1.29 is 49.6 Å². The van der Waals surface area contributed by atoms with Gasteiger partial charge in [0.15, 0.2) is 12.1 Å². The maximum Gasteiger partial charge on any atom is 0.172 e. The molecule has 11 nitrogen and oxygen atoms in total. The third-order valence-electron chi connectivity index (χ3n) is 7.92. The van der Waals surface area contributed by atoms with E-state index in [4.69, 9.17) is 19.9 Å². The van der Waals surface area contributed by atoms with E-state index in [0.29, 0.717) is 0 Å². The van der Waals surface area contributed by atoms with Gasteiger partial charge in [-0.1, -0.05) is 28.1 Å². The Morgan fingerprint density at radius 2 is 1.77 bits per heavy atom. The van der Waals surface area contributed by atoms with Crippen molar-refractivity contribution in [1.29, 1.82) is 0 Å². The van der Waals surface area contributed by atoms with Crippen LogP contribution in [0.1, 0.15) is 37.5 Å². The van der Waals surface area contributed by atoms with Gasteiger partial charge in [-0.2, -0.15) is 0 Å². The Bertz CT molecular complexity index is 1500. The second-order valence-electron chi connectivity index (χ2n) is 10.2. The molecule has 5 rings (SSSR count). The van der Waals surface area contributed by atoms with Crippen molar-refractivity contribution in [3.05, 3.63) is 29.3 Å². The van der Waals surface area contributed by atoms with Crippen molar-refractivity contribution in [2.24, 2.45) is 5.73 Å². The minimum absolute atomic E-state index is 0.00511. The summed E-state index contributed by atoms with van der Waals surface area (Å²) in [5.41, 5.74) is 4.11. The molecule has 0 unspecified atom stereocenters. The first-order valence-electron chi connectivity index (χ1n) is 12.3. The Morgan fingerprint density at radius 1 is 1.10 bits per heavy atom. The summed E-state index contributed by atoms with van der Waals surface area (Å²) in [6, 6.07) is 3.88. The van der Waals surface area contributed by atoms with Crippen LogP contribution in [-0.4, -0.2) is 78.5 Å². The van der Waals surface area contributed by atoms with Gasteiger partial charge in [0.05, 0.1) is 52.4 Å². The molecule has 2 aliphatic rings. The van der Waals surface area contributed by atoms with Gasteiger partial charge in [0.2, 0.25) is 0 Å². The Kier molecular flexibility index (Phi) is 6.85. The van der Waals surface area contributed by atoms with Gasteiger partial charge in [0.25, 0.3) is 0 Å². The molecule has 39 heavy (non-hydrogen) atoms. The number of ketones is 1. The highest BCUT2D eigenvalue weighted by Gasteiger charge is 2.48. The number of hydrogen-bond acceptors (Lipinski definition) is 11. The van der Waals surface area contributed by atoms with Crippen LogP contribution in [0.3, 0.4) is 0 Å². The number of halogens is 1. The van der Waals surface area contributed by atoms with Gasteiger partial charge >= 0.3 is 0 Å². The number of ether oxygens (including phenoxy) is 3. The first-order chi connectivity index (χ1) is 18.3. The van der Waals surface area contributed by atoms with Crippen LogP contribution in [-0.2, 0) is 20.7 Å². The third-order valence-corrected chi connectivity index (χ3v) is 8.96. The fraction of sp³-hybridized carbons (Fsp3) is 0.444. The zero-order chi connectivity index (χ0) is 28.5. The summed E-state index contributed by atoms with van der Waals surface area (Å²) in [5.74, 6) is -2.33. The molecular weight excluding hydrogens is 578 g/mol. The monoisotopic (exact) mass is 607 g/mol. The van der Waals surface area contributed by atoms with Crippen LogP contribution in [0.2, 0.25) is 0 Å². The number of methoxy groups -OCH3 is 1. The second kappa shape index (κ2) is 9.65. The quantitative estimate of drug-likeness (QED) is 0.131. The number of carbonyl (C=O) groups is 1. The van der Waals surface area contributed by atoms with E-state index >= 15 is 0 Å². The smallest absolute Gasteiger partial charge is 0.172 e. The first-order valence-corrected chi connectivity index (χ1v) is 13.3. The van der Waals surface area contributed by atoms with Crippen molar-refractivity contribution >= 4 is 43.3 Å². The Labute approximate surface area is 231 Å². The molecule has 1 aliphatic heterocycles. The van der Waals surface area contributed by atoms with E-state index in [2.05, 4.69) is 15.9 Å². The zero-order valence-electron chi connectivity index (χ0n) is 21.4. The van der Waals surface area contributed by atoms with Gasteiger partial charge in [-0.3, -0.25) is 4.79 Å². The number of fused-ring (bicyclic) bond motifs is 3. The molecule has 0 aromatic heterocycles. The topological polar surface area (TPSA) is 192 Å². The predicted molar refractivity (Wildman–Crippen MR) is 143 cm³/mol. The molecule has 1 fully saturated rings. The number of phenolic OH excluding ortho intramolecular Hbond substituents is 4. The summed E-state index contributed by atoms with van der Waals surface area (Å²) in [6.07, 6.45) is -4.72. The van der Waals surface area contributed by atoms with E-state index in [9.17, 15) is 35.4 Å². The van der Waals surface area contributed by atoms with Gasteiger partial charge in [0, 0.05) is 29.4 Å². The lowest BCUT2D eigenvalue weighted by molar-refractivity contribution is -0.242. The molecule has 1 aliphatic carbocycles. The average molecular weight is 608 g/mol. The number of aliphatic hydroxyl groups excluding tert-OH is 1. The SMILES string of the molecule is COc1cccc2c(O)c3c(O)c4c(c(O)c3c(O)c12)[C@@H](O[C@@H]1O[C@@H](C)[C@H](O)[C@@H](N)[C@H]1Br)C[C@](O)(C(C)=O)C4. The van der Waals surface area contributed by atoms with Crippen LogP contribution in [0, 0.1) is 0 Å². The molecule has 3 aromatic carbocycles.